The van der Waals surface area contributed by atoms with Crippen molar-refractivity contribution in [2.45, 2.75) is 26.4 Å². The second kappa shape index (κ2) is 5.42. The van der Waals surface area contributed by atoms with Crippen molar-refractivity contribution in [2.75, 3.05) is 0 Å². The summed E-state index contributed by atoms with van der Waals surface area (Å²) in [5.41, 5.74) is 0.937. The molecule has 4 nitrogen and oxygen atoms in total. The summed E-state index contributed by atoms with van der Waals surface area (Å²) in [6, 6.07) is 8.21. The second-order valence-corrected chi connectivity index (χ2v) is 4.88. The largest absolute Gasteiger partial charge is 0.338 e. The Morgan fingerprint density at radius 1 is 1.35 bits per heavy atom. The number of nitrogens with zero attached hydrogens (tertiary/aromatic N) is 2. The molecule has 0 unspecified atom stereocenters. The minimum Gasteiger partial charge on any atom is -0.338 e. The van der Waals surface area contributed by atoms with E-state index in [-0.39, 0.29) is 0 Å². The van der Waals surface area contributed by atoms with Crippen molar-refractivity contribution in [3.63, 3.8) is 0 Å². The Labute approximate surface area is 109 Å². The average Bonchev–Trinajstić information content (AvgIpc) is 2.75. The minimum atomic E-state index is 0.397. The van der Waals surface area contributed by atoms with E-state index >= 15 is 0 Å². The first-order valence-corrected chi connectivity index (χ1v) is 6.27. The van der Waals surface area contributed by atoms with Crippen LogP contribution in [0.5, 0.6) is 0 Å². The summed E-state index contributed by atoms with van der Waals surface area (Å²) in [5.74, 6) is 1.21. The number of nitrogens with one attached hydrogen (secondary N) is 1. The molecule has 0 fully saturated rings. The fourth-order valence-corrected chi connectivity index (χ4v) is 1.83. The lowest BCUT2D eigenvalue weighted by atomic mass is 10.2. The maximum atomic E-state index is 5.18. The van der Waals surface area contributed by atoms with E-state index < -0.39 is 0 Å². The molecule has 2 aromatic rings. The molecule has 0 saturated heterocycles. The molecule has 1 aromatic heterocycles. The maximum Gasteiger partial charge on any atom is 0.240 e. The molecule has 0 bridgehead atoms. The van der Waals surface area contributed by atoms with Crippen LogP contribution >= 0.6 is 15.9 Å². The van der Waals surface area contributed by atoms with E-state index in [2.05, 4.69) is 45.2 Å². The molecule has 1 heterocycles. The van der Waals surface area contributed by atoms with Gasteiger partial charge in [-0.05, 0) is 12.1 Å². The lowest BCUT2D eigenvalue weighted by Crippen LogP contribution is -2.21. The lowest BCUT2D eigenvalue weighted by Gasteiger charge is -2.03. The van der Waals surface area contributed by atoms with Gasteiger partial charge in [-0.3, -0.25) is 0 Å². The van der Waals surface area contributed by atoms with Gasteiger partial charge in [0.05, 0.1) is 6.54 Å². The number of aromatic nitrogens is 2. The summed E-state index contributed by atoms with van der Waals surface area (Å²) >= 11 is 3.47. The number of benzene rings is 1. The highest BCUT2D eigenvalue weighted by Crippen LogP contribution is 2.25. The standard InChI is InChI=1S/C12H14BrN3O/c1-8(2)14-7-11-15-12(16-17-11)9-5-3-4-6-10(9)13/h3-6,8,14H,7H2,1-2H3. The zero-order valence-corrected chi connectivity index (χ0v) is 11.4. The van der Waals surface area contributed by atoms with Crippen molar-refractivity contribution in [2.24, 2.45) is 0 Å². The Morgan fingerprint density at radius 3 is 2.82 bits per heavy atom. The summed E-state index contributed by atoms with van der Waals surface area (Å²) < 4.78 is 6.14. The summed E-state index contributed by atoms with van der Waals surface area (Å²) in [6.45, 7) is 4.74. The third-order valence-electron chi connectivity index (χ3n) is 2.24. The Kier molecular flexibility index (Phi) is 3.91. The Bertz CT molecular complexity index is 496. The van der Waals surface area contributed by atoms with Crippen LogP contribution in [0.3, 0.4) is 0 Å². The SMILES string of the molecule is CC(C)NCc1nc(-c2ccccc2Br)no1. The highest BCUT2D eigenvalue weighted by molar-refractivity contribution is 9.10. The fourth-order valence-electron chi connectivity index (χ4n) is 1.37. The van der Waals surface area contributed by atoms with Gasteiger partial charge in [-0.2, -0.15) is 4.98 Å². The molecule has 0 aliphatic rings. The molecule has 0 spiro atoms. The number of halogens is 1. The van der Waals surface area contributed by atoms with Crippen molar-refractivity contribution in [3.05, 3.63) is 34.6 Å². The van der Waals surface area contributed by atoms with Crippen molar-refractivity contribution in [1.29, 1.82) is 0 Å². The van der Waals surface area contributed by atoms with Crippen LogP contribution in [0.4, 0.5) is 0 Å². The molecule has 17 heavy (non-hydrogen) atoms. The topological polar surface area (TPSA) is 51.0 Å². The Morgan fingerprint density at radius 2 is 2.12 bits per heavy atom. The van der Waals surface area contributed by atoms with Crippen LogP contribution in [0.15, 0.2) is 33.3 Å². The molecule has 0 saturated carbocycles. The smallest absolute Gasteiger partial charge is 0.240 e. The van der Waals surface area contributed by atoms with E-state index in [0.29, 0.717) is 24.3 Å². The monoisotopic (exact) mass is 295 g/mol. The van der Waals surface area contributed by atoms with Gasteiger partial charge in [0.1, 0.15) is 0 Å². The highest BCUT2D eigenvalue weighted by Gasteiger charge is 2.10. The van der Waals surface area contributed by atoms with E-state index in [0.717, 1.165) is 10.0 Å². The van der Waals surface area contributed by atoms with Gasteiger partial charge in [-0.1, -0.05) is 47.1 Å². The third kappa shape index (κ3) is 3.14. The van der Waals surface area contributed by atoms with Crippen LogP contribution in [0.2, 0.25) is 0 Å². The molecule has 1 aromatic carbocycles. The van der Waals surface area contributed by atoms with Crippen LogP contribution in [0.1, 0.15) is 19.7 Å². The Hall–Kier alpha value is -1.20. The number of hydrogen-bond donors (Lipinski definition) is 1. The molecule has 0 aliphatic heterocycles. The quantitative estimate of drug-likeness (QED) is 0.942. The van der Waals surface area contributed by atoms with E-state index in [4.69, 9.17) is 4.52 Å². The number of hydrogen-bond acceptors (Lipinski definition) is 4. The first-order valence-electron chi connectivity index (χ1n) is 5.47. The predicted octanol–water partition coefficient (Wildman–Crippen LogP) is 3.00. The van der Waals surface area contributed by atoms with Gasteiger partial charge in [-0.15, -0.1) is 0 Å². The molecule has 0 aliphatic carbocycles. The van der Waals surface area contributed by atoms with E-state index in [1.807, 2.05) is 24.3 Å². The normalized spacial score (nSPS) is 11.1. The first kappa shape index (κ1) is 12.3. The molecule has 90 valence electrons. The average molecular weight is 296 g/mol. The zero-order valence-electron chi connectivity index (χ0n) is 9.77. The van der Waals surface area contributed by atoms with Crippen molar-refractivity contribution >= 4 is 15.9 Å². The molecule has 2 rings (SSSR count). The lowest BCUT2D eigenvalue weighted by molar-refractivity contribution is 0.362. The van der Waals surface area contributed by atoms with Gasteiger partial charge in [0.15, 0.2) is 0 Å². The predicted molar refractivity (Wildman–Crippen MR) is 69.4 cm³/mol. The van der Waals surface area contributed by atoms with Gasteiger partial charge in [0, 0.05) is 16.1 Å². The summed E-state index contributed by atoms with van der Waals surface area (Å²) in [5, 5.41) is 7.20. The van der Waals surface area contributed by atoms with Crippen molar-refractivity contribution < 1.29 is 4.52 Å². The second-order valence-electron chi connectivity index (χ2n) is 4.03. The van der Waals surface area contributed by atoms with Gasteiger partial charge < -0.3 is 9.84 Å². The van der Waals surface area contributed by atoms with Crippen LogP contribution in [0.25, 0.3) is 11.4 Å². The molecule has 1 N–H and O–H groups in total. The van der Waals surface area contributed by atoms with Gasteiger partial charge in [0.2, 0.25) is 11.7 Å². The van der Waals surface area contributed by atoms with E-state index in [1.54, 1.807) is 0 Å². The van der Waals surface area contributed by atoms with Crippen molar-refractivity contribution in [3.8, 4) is 11.4 Å². The summed E-state index contributed by atoms with van der Waals surface area (Å²) in [4.78, 5) is 4.34. The van der Waals surface area contributed by atoms with Gasteiger partial charge in [0.25, 0.3) is 0 Å². The first-order chi connectivity index (χ1) is 8.16. The molecule has 0 amide bonds. The Balaban J connectivity index is 2.16. The molecule has 0 radical (unpaired) electrons. The van der Waals surface area contributed by atoms with Crippen LogP contribution < -0.4 is 5.32 Å². The summed E-state index contributed by atoms with van der Waals surface area (Å²) in [7, 11) is 0. The van der Waals surface area contributed by atoms with Crippen LogP contribution in [-0.2, 0) is 6.54 Å². The highest BCUT2D eigenvalue weighted by atomic mass is 79.9. The van der Waals surface area contributed by atoms with Gasteiger partial charge in [-0.25, -0.2) is 0 Å². The summed E-state index contributed by atoms with van der Waals surface area (Å²) in [6.07, 6.45) is 0. The zero-order chi connectivity index (χ0) is 12.3. The molecule has 0 atom stereocenters. The number of rotatable bonds is 4. The molecular weight excluding hydrogens is 282 g/mol. The van der Waals surface area contributed by atoms with E-state index in [1.165, 1.54) is 0 Å². The molecular formula is C12H14BrN3O. The fraction of sp³-hybridized carbons (Fsp3) is 0.333. The maximum absolute atomic E-state index is 5.18. The minimum absolute atomic E-state index is 0.397. The molecule has 5 heteroatoms. The van der Waals surface area contributed by atoms with Crippen LogP contribution in [0, 0.1) is 0 Å². The van der Waals surface area contributed by atoms with Gasteiger partial charge >= 0.3 is 0 Å². The third-order valence-corrected chi connectivity index (χ3v) is 2.94. The van der Waals surface area contributed by atoms with Crippen LogP contribution in [-0.4, -0.2) is 16.2 Å². The van der Waals surface area contributed by atoms with E-state index in [9.17, 15) is 0 Å². The van der Waals surface area contributed by atoms with Crippen molar-refractivity contribution in [1.82, 2.24) is 15.5 Å².